The first-order valence-corrected chi connectivity index (χ1v) is 12.6. The molecule has 2 heterocycles. The van der Waals surface area contributed by atoms with Crippen molar-refractivity contribution in [2.24, 2.45) is 5.41 Å². The van der Waals surface area contributed by atoms with Crippen LogP contribution in [-0.4, -0.2) is 68.3 Å². The molecule has 1 aromatic rings. The molecule has 7 heteroatoms. The Balaban J connectivity index is 1.74. The Morgan fingerprint density at radius 3 is 2.37 bits per heavy atom. The van der Waals surface area contributed by atoms with Crippen LogP contribution < -0.4 is 0 Å². The van der Waals surface area contributed by atoms with Crippen molar-refractivity contribution >= 4 is 16.1 Å². The standard InChI is InChI=1S/C23H35N3O3S/c1-22(2)20-16-17-15-18(30(28,29)24(4)5)9-10-19(17)23(22,3)11-14-26(20)21(27)25-12-7-6-8-13-25/h9-10,15,20H,6-8,11-14,16H2,1-5H3/t20-,23+/m1/s1. The molecule has 166 valence electrons. The summed E-state index contributed by atoms with van der Waals surface area (Å²) in [7, 11) is -0.360. The number of nitrogens with zero attached hydrogens (tertiary/aromatic N) is 3. The summed E-state index contributed by atoms with van der Waals surface area (Å²) < 4.78 is 26.7. The monoisotopic (exact) mass is 433 g/mol. The van der Waals surface area contributed by atoms with Gasteiger partial charge in [0.2, 0.25) is 10.0 Å². The Hall–Kier alpha value is -1.60. The molecule has 1 aromatic carbocycles. The van der Waals surface area contributed by atoms with Gasteiger partial charge >= 0.3 is 6.03 Å². The second-order valence-electron chi connectivity index (χ2n) is 10.2. The summed E-state index contributed by atoms with van der Waals surface area (Å²) in [6, 6.07) is 5.85. The van der Waals surface area contributed by atoms with Crippen LogP contribution in [-0.2, 0) is 21.9 Å². The third-order valence-electron chi connectivity index (χ3n) is 8.22. The van der Waals surface area contributed by atoms with Gasteiger partial charge in [-0.1, -0.05) is 26.8 Å². The molecule has 0 spiro atoms. The fourth-order valence-electron chi connectivity index (χ4n) is 5.78. The van der Waals surface area contributed by atoms with Crippen LogP contribution in [0.25, 0.3) is 0 Å². The molecule has 2 aliphatic heterocycles. The molecule has 30 heavy (non-hydrogen) atoms. The molecular weight excluding hydrogens is 398 g/mol. The van der Waals surface area contributed by atoms with Crippen LogP contribution in [0.1, 0.15) is 57.6 Å². The Morgan fingerprint density at radius 2 is 1.73 bits per heavy atom. The van der Waals surface area contributed by atoms with E-state index in [2.05, 4.69) is 25.7 Å². The Labute approximate surface area is 181 Å². The SMILES string of the molecule is CN(C)S(=O)(=O)c1ccc2c(c1)C[C@H]1N(C(=O)N3CCCCC3)CC[C@]2(C)C1(C)C. The predicted octanol–water partition coefficient (Wildman–Crippen LogP) is 3.46. The van der Waals surface area contributed by atoms with Gasteiger partial charge in [-0.3, -0.25) is 0 Å². The molecule has 3 aliphatic rings. The molecule has 0 aromatic heterocycles. The van der Waals surface area contributed by atoms with E-state index in [0.717, 1.165) is 44.5 Å². The first kappa shape index (κ1) is 21.6. The Bertz CT molecular complexity index is 950. The average Bonchev–Trinajstić information content (AvgIpc) is 2.70. The molecule has 2 fully saturated rings. The Morgan fingerprint density at radius 1 is 1.07 bits per heavy atom. The molecule has 2 atom stereocenters. The van der Waals surface area contributed by atoms with E-state index >= 15 is 0 Å². The molecule has 2 amide bonds. The first-order chi connectivity index (χ1) is 14.0. The normalized spacial score (nSPS) is 28.4. The highest BCUT2D eigenvalue weighted by molar-refractivity contribution is 7.89. The summed E-state index contributed by atoms with van der Waals surface area (Å²) in [5, 5.41) is 0. The number of carbonyl (C=O) groups is 1. The van der Waals surface area contributed by atoms with E-state index in [-0.39, 0.29) is 22.9 Å². The number of rotatable bonds is 2. The minimum absolute atomic E-state index is 0.0653. The largest absolute Gasteiger partial charge is 0.325 e. The molecule has 0 unspecified atom stereocenters. The van der Waals surface area contributed by atoms with Crippen LogP contribution in [0.4, 0.5) is 4.79 Å². The highest BCUT2D eigenvalue weighted by Gasteiger charge is 2.57. The van der Waals surface area contributed by atoms with Crippen molar-refractivity contribution in [3.05, 3.63) is 29.3 Å². The molecule has 4 rings (SSSR count). The minimum Gasteiger partial charge on any atom is -0.325 e. The summed E-state index contributed by atoms with van der Waals surface area (Å²) in [6.45, 7) is 9.31. The van der Waals surface area contributed by atoms with Crippen LogP contribution >= 0.6 is 0 Å². The molecule has 0 saturated carbocycles. The number of amides is 2. The second-order valence-corrected chi connectivity index (χ2v) is 12.3. The molecular formula is C23H35N3O3S. The molecule has 2 saturated heterocycles. The van der Waals surface area contributed by atoms with E-state index < -0.39 is 10.0 Å². The van der Waals surface area contributed by atoms with Crippen molar-refractivity contribution in [1.29, 1.82) is 0 Å². The number of hydrogen-bond donors (Lipinski definition) is 0. The van der Waals surface area contributed by atoms with Gasteiger partial charge in [0, 0.05) is 45.2 Å². The molecule has 1 aliphatic carbocycles. The number of likely N-dealkylation sites (tertiary alicyclic amines) is 2. The van der Waals surface area contributed by atoms with Gasteiger partial charge in [-0.15, -0.1) is 0 Å². The van der Waals surface area contributed by atoms with E-state index in [4.69, 9.17) is 0 Å². The fourth-order valence-corrected chi connectivity index (χ4v) is 6.73. The van der Waals surface area contributed by atoms with Crippen molar-refractivity contribution in [1.82, 2.24) is 14.1 Å². The number of piperidine rings is 2. The summed E-state index contributed by atoms with van der Waals surface area (Å²) in [4.78, 5) is 17.9. The molecule has 6 nitrogen and oxygen atoms in total. The lowest BCUT2D eigenvalue weighted by Gasteiger charge is -2.61. The number of benzene rings is 1. The maximum absolute atomic E-state index is 13.4. The van der Waals surface area contributed by atoms with E-state index in [0.29, 0.717) is 11.3 Å². The molecule has 0 N–H and O–H groups in total. The quantitative estimate of drug-likeness (QED) is 0.718. The van der Waals surface area contributed by atoms with Gasteiger partial charge in [-0.2, -0.15) is 0 Å². The average molecular weight is 434 g/mol. The van der Waals surface area contributed by atoms with Crippen molar-refractivity contribution in [2.75, 3.05) is 33.7 Å². The van der Waals surface area contributed by atoms with Gasteiger partial charge in [0.05, 0.1) is 4.90 Å². The minimum atomic E-state index is -3.49. The van der Waals surface area contributed by atoms with Crippen molar-refractivity contribution in [3.63, 3.8) is 0 Å². The number of fused-ring (bicyclic) bond motifs is 4. The number of sulfonamides is 1. The van der Waals surface area contributed by atoms with Gasteiger partial charge in [-0.05, 0) is 60.8 Å². The van der Waals surface area contributed by atoms with E-state index in [1.54, 1.807) is 20.2 Å². The lowest BCUT2D eigenvalue weighted by molar-refractivity contribution is -0.0243. The van der Waals surface area contributed by atoms with Crippen molar-refractivity contribution in [2.45, 2.75) is 69.2 Å². The Kier molecular flexibility index (Phi) is 5.21. The third-order valence-corrected chi connectivity index (χ3v) is 10.0. The lowest BCUT2D eigenvalue weighted by atomic mass is 9.51. The van der Waals surface area contributed by atoms with Gasteiger partial charge in [0.1, 0.15) is 0 Å². The number of carbonyl (C=O) groups excluding carboxylic acids is 1. The van der Waals surface area contributed by atoms with Crippen LogP contribution in [0.5, 0.6) is 0 Å². The zero-order valence-electron chi connectivity index (χ0n) is 18.9. The molecule has 0 radical (unpaired) electrons. The highest BCUT2D eigenvalue weighted by atomic mass is 32.2. The van der Waals surface area contributed by atoms with Gasteiger partial charge in [-0.25, -0.2) is 17.5 Å². The zero-order valence-corrected chi connectivity index (χ0v) is 19.8. The van der Waals surface area contributed by atoms with Crippen molar-refractivity contribution in [3.8, 4) is 0 Å². The maximum Gasteiger partial charge on any atom is 0.320 e. The van der Waals surface area contributed by atoms with Crippen LogP contribution in [0.2, 0.25) is 0 Å². The number of hydrogen-bond acceptors (Lipinski definition) is 3. The fraction of sp³-hybridized carbons (Fsp3) is 0.696. The lowest BCUT2D eigenvalue weighted by Crippen LogP contribution is -2.66. The first-order valence-electron chi connectivity index (χ1n) is 11.1. The number of urea groups is 1. The third kappa shape index (κ3) is 3.08. The molecule has 2 bridgehead atoms. The van der Waals surface area contributed by atoms with Crippen LogP contribution in [0.15, 0.2) is 23.1 Å². The van der Waals surface area contributed by atoms with E-state index in [9.17, 15) is 13.2 Å². The smallest absolute Gasteiger partial charge is 0.320 e. The second kappa shape index (κ2) is 7.23. The predicted molar refractivity (Wildman–Crippen MR) is 118 cm³/mol. The summed E-state index contributed by atoms with van der Waals surface area (Å²) in [5.41, 5.74) is 2.13. The summed E-state index contributed by atoms with van der Waals surface area (Å²) >= 11 is 0. The van der Waals surface area contributed by atoms with Crippen LogP contribution in [0, 0.1) is 5.41 Å². The summed E-state index contributed by atoms with van der Waals surface area (Å²) in [5.74, 6) is 0. The topological polar surface area (TPSA) is 60.9 Å². The van der Waals surface area contributed by atoms with E-state index in [1.165, 1.54) is 16.3 Å². The van der Waals surface area contributed by atoms with Crippen LogP contribution in [0.3, 0.4) is 0 Å². The summed E-state index contributed by atoms with van der Waals surface area (Å²) in [6.07, 6.45) is 4.96. The van der Waals surface area contributed by atoms with Gasteiger partial charge in [0.25, 0.3) is 0 Å². The van der Waals surface area contributed by atoms with Crippen molar-refractivity contribution < 1.29 is 13.2 Å². The van der Waals surface area contributed by atoms with E-state index in [1.807, 2.05) is 17.0 Å². The van der Waals surface area contributed by atoms with Gasteiger partial charge in [0.15, 0.2) is 0 Å². The van der Waals surface area contributed by atoms with Gasteiger partial charge < -0.3 is 9.80 Å². The highest BCUT2D eigenvalue weighted by Crippen LogP contribution is 2.56. The zero-order chi connectivity index (χ0) is 21.9. The maximum atomic E-state index is 13.4.